The van der Waals surface area contributed by atoms with E-state index in [-0.39, 0.29) is 18.9 Å². The maximum Gasteiger partial charge on any atom is 0.356 e. The number of anilines is 1. The van der Waals surface area contributed by atoms with Crippen molar-refractivity contribution < 1.29 is 19.7 Å². The lowest BCUT2D eigenvalue weighted by atomic mass is 10.3. The molecule has 0 atom stereocenters. The molecule has 16 heavy (non-hydrogen) atoms. The highest BCUT2D eigenvalue weighted by Gasteiger charge is 2.09. The van der Waals surface area contributed by atoms with Gasteiger partial charge in [0.2, 0.25) is 0 Å². The Morgan fingerprint density at radius 3 is 3.00 bits per heavy atom. The van der Waals surface area contributed by atoms with E-state index in [9.17, 15) is 4.79 Å². The van der Waals surface area contributed by atoms with Gasteiger partial charge in [0.05, 0.1) is 25.5 Å². The van der Waals surface area contributed by atoms with Crippen molar-refractivity contribution in [3.63, 3.8) is 0 Å². The molecule has 0 radical (unpaired) electrons. The molecule has 0 amide bonds. The minimum Gasteiger partial charge on any atom is -0.476 e. The zero-order valence-corrected chi connectivity index (χ0v) is 8.72. The molecule has 1 aromatic heterocycles. The van der Waals surface area contributed by atoms with Crippen LogP contribution >= 0.6 is 0 Å². The van der Waals surface area contributed by atoms with Gasteiger partial charge in [0.25, 0.3) is 0 Å². The van der Waals surface area contributed by atoms with Gasteiger partial charge >= 0.3 is 5.97 Å². The number of carboxylic acids is 1. The summed E-state index contributed by atoms with van der Waals surface area (Å²) in [5.74, 6) is -1.07. The van der Waals surface area contributed by atoms with Crippen LogP contribution in [0.2, 0.25) is 0 Å². The van der Waals surface area contributed by atoms with Gasteiger partial charge in [0.15, 0.2) is 5.69 Å². The summed E-state index contributed by atoms with van der Waals surface area (Å²) in [6.07, 6.45) is 1.43. The average molecular weight is 226 g/mol. The van der Waals surface area contributed by atoms with Crippen molar-refractivity contribution in [3.05, 3.63) is 24.0 Å². The molecule has 0 saturated heterocycles. The van der Waals surface area contributed by atoms with Crippen molar-refractivity contribution in [1.82, 2.24) is 4.98 Å². The van der Waals surface area contributed by atoms with E-state index in [4.69, 9.17) is 14.9 Å². The molecule has 1 aromatic rings. The van der Waals surface area contributed by atoms with Crippen LogP contribution in [0, 0.1) is 0 Å². The van der Waals surface area contributed by atoms with Gasteiger partial charge in [-0.05, 0) is 12.1 Å². The van der Waals surface area contributed by atoms with Crippen LogP contribution in [0.5, 0.6) is 0 Å². The van der Waals surface area contributed by atoms with E-state index in [2.05, 4.69) is 10.3 Å². The second-order valence-corrected chi connectivity index (χ2v) is 2.97. The number of hydrogen-bond donors (Lipinski definition) is 3. The van der Waals surface area contributed by atoms with E-state index in [1.807, 2.05) is 0 Å². The molecule has 0 aromatic carbocycles. The first-order valence-electron chi connectivity index (χ1n) is 4.86. The maximum absolute atomic E-state index is 10.8. The van der Waals surface area contributed by atoms with E-state index in [1.54, 1.807) is 12.1 Å². The topological polar surface area (TPSA) is 91.7 Å². The summed E-state index contributed by atoms with van der Waals surface area (Å²) in [6, 6.07) is 3.30. The predicted octanol–water partition coefficient (Wildman–Crippen LogP) is 0.201. The Kier molecular flexibility index (Phi) is 5.24. The van der Waals surface area contributed by atoms with E-state index in [1.165, 1.54) is 6.20 Å². The minimum absolute atomic E-state index is 0.00958. The zero-order chi connectivity index (χ0) is 11.8. The SMILES string of the molecule is O=C(O)c1ncccc1NCCOCCO. The van der Waals surface area contributed by atoms with E-state index < -0.39 is 5.97 Å². The molecule has 1 rings (SSSR count). The summed E-state index contributed by atoms with van der Waals surface area (Å²) in [6.45, 7) is 1.12. The van der Waals surface area contributed by atoms with Gasteiger partial charge in [-0.1, -0.05) is 0 Å². The van der Waals surface area contributed by atoms with Gasteiger partial charge in [-0.25, -0.2) is 9.78 Å². The molecule has 3 N–H and O–H groups in total. The van der Waals surface area contributed by atoms with Crippen LogP contribution in [0.4, 0.5) is 5.69 Å². The van der Waals surface area contributed by atoms with Crippen LogP contribution in [-0.2, 0) is 4.74 Å². The first-order valence-corrected chi connectivity index (χ1v) is 4.86. The number of aliphatic hydroxyl groups is 1. The monoisotopic (exact) mass is 226 g/mol. The Morgan fingerprint density at radius 1 is 1.50 bits per heavy atom. The minimum atomic E-state index is -1.07. The fraction of sp³-hybridized carbons (Fsp3) is 0.400. The Morgan fingerprint density at radius 2 is 2.31 bits per heavy atom. The third-order valence-electron chi connectivity index (χ3n) is 1.81. The molecule has 0 fully saturated rings. The Hall–Kier alpha value is -1.66. The molecule has 0 aliphatic heterocycles. The van der Waals surface area contributed by atoms with Crippen molar-refractivity contribution >= 4 is 11.7 Å². The molecule has 0 saturated carbocycles. The predicted molar refractivity (Wildman–Crippen MR) is 57.6 cm³/mol. The van der Waals surface area contributed by atoms with Gasteiger partial charge in [0.1, 0.15) is 0 Å². The number of carboxylic acid groups (broad SMARTS) is 1. The smallest absolute Gasteiger partial charge is 0.356 e. The van der Waals surface area contributed by atoms with Crippen molar-refractivity contribution in [3.8, 4) is 0 Å². The lowest BCUT2D eigenvalue weighted by Gasteiger charge is -2.08. The number of nitrogens with one attached hydrogen (secondary N) is 1. The second-order valence-electron chi connectivity index (χ2n) is 2.97. The molecule has 6 nitrogen and oxygen atoms in total. The number of hydrogen-bond acceptors (Lipinski definition) is 5. The van der Waals surface area contributed by atoms with E-state index in [0.29, 0.717) is 18.8 Å². The number of aromatic nitrogens is 1. The molecule has 6 heteroatoms. The van der Waals surface area contributed by atoms with Gasteiger partial charge in [-0.2, -0.15) is 0 Å². The number of pyridine rings is 1. The summed E-state index contributed by atoms with van der Waals surface area (Å²) < 4.78 is 5.02. The van der Waals surface area contributed by atoms with Crippen LogP contribution in [-0.4, -0.2) is 47.5 Å². The quantitative estimate of drug-likeness (QED) is 0.575. The standard InChI is InChI=1S/C10H14N2O4/c13-5-7-16-6-4-11-8-2-1-3-12-9(8)10(14)15/h1-3,11,13H,4-7H2,(H,14,15). The molecule has 0 aliphatic rings. The Balaban J connectivity index is 2.44. The number of nitrogens with zero attached hydrogens (tertiary/aromatic N) is 1. The fourth-order valence-corrected chi connectivity index (χ4v) is 1.14. The third-order valence-corrected chi connectivity index (χ3v) is 1.81. The summed E-state index contributed by atoms with van der Waals surface area (Å²) >= 11 is 0. The van der Waals surface area contributed by atoms with Crippen LogP contribution in [0.15, 0.2) is 18.3 Å². The molecule has 0 bridgehead atoms. The highest BCUT2D eigenvalue weighted by Crippen LogP contribution is 2.11. The molecule has 1 heterocycles. The van der Waals surface area contributed by atoms with Crippen LogP contribution in [0.25, 0.3) is 0 Å². The van der Waals surface area contributed by atoms with Crippen LogP contribution < -0.4 is 5.32 Å². The van der Waals surface area contributed by atoms with Crippen LogP contribution in [0.3, 0.4) is 0 Å². The lowest BCUT2D eigenvalue weighted by Crippen LogP contribution is -2.14. The number of carbonyl (C=O) groups is 1. The van der Waals surface area contributed by atoms with Crippen molar-refractivity contribution in [1.29, 1.82) is 0 Å². The number of ether oxygens (including phenoxy) is 1. The fourth-order valence-electron chi connectivity index (χ4n) is 1.14. The summed E-state index contributed by atoms with van der Waals surface area (Å²) in [7, 11) is 0. The highest BCUT2D eigenvalue weighted by atomic mass is 16.5. The van der Waals surface area contributed by atoms with E-state index >= 15 is 0 Å². The molecular weight excluding hydrogens is 212 g/mol. The first-order chi connectivity index (χ1) is 7.75. The van der Waals surface area contributed by atoms with Crippen molar-refractivity contribution in [2.75, 3.05) is 31.7 Å². The summed E-state index contributed by atoms with van der Waals surface area (Å²) in [5.41, 5.74) is 0.451. The maximum atomic E-state index is 10.8. The molecular formula is C10H14N2O4. The van der Waals surface area contributed by atoms with Gasteiger partial charge < -0.3 is 20.3 Å². The molecule has 0 aliphatic carbocycles. The van der Waals surface area contributed by atoms with Crippen LogP contribution in [0.1, 0.15) is 10.5 Å². The molecule has 0 spiro atoms. The van der Waals surface area contributed by atoms with Gasteiger partial charge in [0, 0.05) is 12.7 Å². The van der Waals surface area contributed by atoms with Crippen molar-refractivity contribution in [2.45, 2.75) is 0 Å². The zero-order valence-electron chi connectivity index (χ0n) is 8.72. The van der Waals surface area contributed by atoms with Gasteiger partial charge in [-0.3, -0.25) is 0 Å². The number of rotatable bonds is 7. The molecule has 88 valence electrons. The highest BCUT2D eigenvalue weighted by molar-refractivity contribution is 5.91. The third kappa shape index (κ3) is 3.84. The Bertz CT molecular complexity index is 343. The van der Waals surface area contributed by atoms with Gasteiger partial charge in [-0.15, -0.1) is 0 Å². The number of aliphatic hydroxyl groups excluding tert-OH is 1. The summed E-state index contributed by atoms with van der Waals surface area (Å²) in [5, 5.41) is 20.2. The Labute approximate surface area is 92.9 Å². The average Bonchev–Trinajstić information content (AvgIpc) is 2.29. The normalized spacial score (nSPS) is 10.1. The summed E-state index contributed by atoms with van der Waals surface area (Å²) in [4.78, 5) is 14.5. The van der Waals surface area contributed by atoms with E-state index in [0.717, 1.165) is 0 Å². The number of aromatic carboxylic acids is 1. The lowest BCUT2D eigenvalue weighted by molar-refractivity contribution is 0.0691. The van der Waals surface area contributed by atoms with Crippen molar-refractivity contribution in [2.24, 2.45) is 0 Å². The molecule has 0 unspecified atom stereocenters. The largest absolute Gasteiger partial charge is 0.476 e. The second kappa shape index (κ2) is 6.76. The first kappa shape index (κ1) is 12.4.